The lowest BCUT2D eigenvalue weighted by Gasteiger charge is -2.08. The summed E-state index contributed by atoms with van der Waals surface area (Å²) < 4.78 is 14.7. The van der Waals surface area contributed by atoms with E-state index in [2.05, 4.69) is 10.4 Å². The van der Waals surface area contributed by atoms with Crippen LogP contribution in [0.4, 0.5) is 4.39 Å². The first-order valence-electron chi connectivity index (χ1n) is 8.85. The summed E-state index contributed by atoms with van der Waals surface area (Å²) in [6.45, 7) is 0.294. The van der Waals surface area contributed by atoms with E-state index in [9.17, 15) is 14.0 Å². The van der Waals surface area contributed by atoms with E-state index in [4.69, 9.17) is 0 Å². The van der Waals surface area contributed by atoms with E-state index in [1.807, 2.05) is 30.3 Å². The second-order valence-electron chi connectivity index (χ2n) is 6.07. The van der Waals surface area contributed by atoms with Crippen LogP contribution in [0, 0.1) is 5.82 Å². The second-order valence-corrected chi connectivity index (χ2v) is 7.18. The molecule has 5 nitrogen and oxygen atoms in total. The van der Waals surface area contributed by atoms with Crippen molar-refractivity contribution in [1.29, 1.82) is 0 Å². The topological polar surface area (TPSA) is 64.0 Å². The number of carbonyl (C=O) groups is 1. The number of hydrogen-bond donors (Lipinski definition) is 1. The Bertz CT molecular complexity index is 992. The highest BCUT2D eigenvalue weighted by atomic mass is 32.2. The molecular weight excluding hydrogens is 377 g/mol. The van der Waals surface area contributed by atoms with Crippen LogP contribution in [-0.4, -0.2) is 28.0 Å². The van der Waals surface area contributed by atoms with Crippen molar-refractivity contribution in [2.45, 2.75) is 12.3 Å². The Kier molecular flexibility index (Phi) is 6.97. The molecule has 144 valence electrons. The minimum Gasteiger partial charge on any atom is -0.354 e. The van der Waals surface area contributed by atoms with E-state index in [0.29, 0.717) is 29.3 Å². The lowest BCUT2D eigenvalue weighted by atomic mass is 10.1. The average molecular weight is 397 g/mol. The number of amides is 1. The van der Waals surface area contributed by atoms with E-state index in [0.717, 1.165) is 10.2 Å². The van der Waals surface area contributed by atoms with Crippen LogP contribution in [0.3, 0.4) is 0 Å². The number of halogens is 1. The molecule has 28 heavy (non-hydrogen) atoms. The fourth-order valence-electron chi connectivity index (χ4n) is 2.58. The Morgan fingerprint density at radius 1 is 1.04 bits per heavy atom. The second kappa shape index (κ2) is 9.85. The molecule has 0 fully saturated rings. The molecule has 3 aromatic rings. The molecule has 2 aromatic carbocycles. The summed E-state index contributed by atoms with van der Waals surface area (Å²) in [4.78, 5) is 24.1. The lowest BCUT2D eigenvalue weighted by Crippen LogP contribution is -2.34. The first-order chi connectivity index (χ1) is 13.6. The van der Waals surface area contributed by atoms with Crippen LogP contribution in [0.25, 0.3) is 11.3 Å². The molecule has 0 saturated carbocycles. The van der Waals surface area contributed by atoms with Crippen LogP contribution < -0.4 is 10.9 Å². The zero-order valence-corrected chi connectivity index (χ0v) is 16.0. The van der Waals surface area contributed by atoms with Crippen LogP contribution in [0.1, 0.15) is 5.56 Å². The summed E-state index contributed by atoms with van der Waals surface area (Å²) in [6, 6.07) is 19.2. The highest BCUT2D eigenvalue weighted by molar-refractivity contribution is 7.98. The number of carbonyl (C=O) groups excluding carboxylic acids is 1. The molecule has 0 radical (unpaired) electrons. The van der Waals surface area contributed by atoms with Crippen molar-refractivity contribution >= 4 is 17.7 Å². The van der Waals surface area contributed by atoms with Gasteiger partial charge in [-0.25, -0.2) is 9.07 Å². The molecule has 0 unspecified atom stereocenters. The van der Waals surface area contributed by atoms with Crippen LogP contribution in [0.2, 0.25) is 0 Å². The summed E-state index contributed by atoms with van der Waals surface area (Å²) in [7, 11) is 0. The molecule has 0 aliphatic rings. The first kappa shape index (κ1) is 19.8. The molecular formula is C21H20FN3O2S. The first-order valence-corrected chi connectivity index (χ1v) is 10.0. The zero-order valence-electron chi connectivity index (χ0n) is 15.2. The monoisotopic (exact) mass is 397 g/mol. The van der Waals surface area contributed by atoms with Gasteiger partial charge in [-0.2, -0.15) is 16.9 Å². The minimum absolute atomic E-state index is 0.141. The molecule has 0 saturated heterocycles. The maximum absolute atomic E-state index is 13.5. The fourth-order valence-corrected chi connectivity index (χ4v) is 3.42. The summed E-state index contributed by atoms with van der Waals surface area (Å²) in [6.07, 6.45) is 0. The molecule has 1 amide bonds. The Morgan fingerprint density at radius 3 is 2.57 bits per heavy atom. The smallest absolute Gasteiger partial charge is 0.267 e. The molecule has 7 heteroatoms. The van der Waals surface area contributed by atoms with Gasteiger partial charge < -0.3 is 5.32 Å². The Hall–Kier alpha value is -2.93. The number of nitrogens with one attached hydrogen (secondary N) is 1. The van der Waals surface area contributed by atoms with Gasteiger partial charge in [0, 0.05) is 29.7 Å². The van der Waals surface area contributed by atoms with E-state index in [-0.39, 0.29) is 23.8 Å². The predicted molar refractivity (Wildman–Crippen MR) is 110 cm³/mol. The molecule has 0 aliphatic carbocycles. The summed E-state index contributed by atoms with van der Waals surface area (Å²) >= 11 is 1.53. The van der Waals surface area contributed by atoms with Gasteiger partial charge in [0.15, 0.2) is 0 Å². The minimum atomic E-state index is -0.330. The largest absolute Gasteiger partial charge is 0.354 e. The van der Waals surface area contributed by atoms with Gasteiger partial charge in [0.05, 0.1) is 5.69 Å². The van der Waals surface area contributed by atoms with Gasteiger partial charge in [0.1, 0.15) is 12.4 Å². The highest BCUT2D eigenvalue weighted by Gasteiger charge is 2.08. The standard InChI is InChI=1S/C21H20FN3O2S/c22-18-9-5-4-8-17(18)15-28-13-12-23-20(26)14-25-21(27)11-10-19(24-25)16-6-2-1-3-7-16/h1-11H,12-15H2,(H,23,26). The maximum atomic E-state index is 13.5. The SMILES string of the molecule is O=C(Cn1nc(-c2ccccc2)ccc1=O)NCCSCc1ccccc1F. The zero-order chi connectivity index (χ0) is 19.8. The third-order valence-electron chi connectivity index (χ3n) is 4.01. The van der Waals surface area contributed by atoms with Gasteiger partial charge in [-0.1, -0.05) is 48.5 Å². The Morgan fingerprint density at radius 2 is 1.79 bits per heavy atom. The molecule has 0 spiro atoms. The normalized spacial score (nSPS) is 10.6. The molecule has 1 aromatic heterocycles. The van der Waals surface area contributed by atoms with E-state index in [1.165, 1.54) is 23.9 Å². The van der Waals surface area contributed by atoms with Gasteiger partial charge in [-0.15, -0.1) is 0 Å². The number of aromatic nitrogens is 2. The van der Waals surface area contributed by atoms with Crippen LogP contribution >= 0.6 is 11.8 Å². The third-order valence-corrected chi connectivity index (χ3v) is 5.02. The number of nitrogens with zero attached hydrogens (tertiary/aromatic N) is 2. The number of rotatable bonds is 8. The molecule has 1 heterocycles. The number of thioether (sulfide) groups is 1. The quantitative estimate of drug-likeness (QED) is 0.594. The third kappa shape index (κ3) is 5.53. The lowest BCUT2D eigenvalue weighted by molar-refractivity contribution is -0.121. The van der Waals surface area contributed by atoms with Crippen LogP contribution in [-0.2, 0) is 17.1 Å². The average Bonchev–Trinajstić information content (AvgIpc) is 2.71. The maximum Gasteiger partial charge on any atom is 0.267 e. The predicted octanol–water partition coefficient (Wildman–Crippen LogP) is 3.10. The van der Waals surface area contributed by atoms with Crippen molar-refractivity contribution in [3.8, 4) is 11.3 Å². The molecule has 0 atom stereocenters. The summed E-state index contributed by atoms with van der Waals surface area (Å²) in [5, 5.41) is 7.04. The number of hydrogen-bond acceptors (Lipinski definition) is 4. The number of benzene rings is 2. The van der Waals surface area contributed by atoms with Gasteiger partial charge in [-0.3, -0.25) is 9.59 Å². The fraction of sp³-hybridized carbons (Fsp3) is 0.190. The van der Waals surface area contributed by atoms with E-state index >= 15 is 0 Å². The van der Waals surface area contributed by atoms with Gasteiger partial charge >= 0.3 is 0 Å². The summed E-state index contributed by atoms with van der Waals surface area (Å²) in [5.41, 5.74) is 1.82. The van der Waals surface area contributed by atoms with E-state index < -0.39 is 0 Å². The highest BCUT2D eigenvalue weighted by Crippen LogP contribution is 2.15. The van der Waals surface area contributed by atoms with Gasteiger partial charge in [-0.05, 0) is 17.7 Å². The molecule has 3 rings (SSSR count). The Balaban J connectivity index is 1.48. The Labute approximate surface area is 166 Å². The van der Waals surface area contributed by atoms with Gasteiger partial charge in [0.25, 0.3) is 5.56 Å². The molecule has 1 N–H and O–H groups in total. The van der Waals surface area contributed by atoms with Crippen molar-refractivity contribution < 1.29 is 9.18 Å². The van der Waals surface area contributed by atoms with Crippen molar-refractivity contribution in [1.82, 2.24) is 15.1 Å². The van der Waals surface area contributed by atoms with E-state index in [1.54, 1.807) is 24.3 Å². The van der Waals surface area contributed by atoms with Crippen molar-refractivity contribution in [3.63, 3.8) is 0 Å². The molecule has 0 aliphatic heterocycles. The van der Waals surface area contributed by atoms with Crippen molar-refractivity contribution in [2.75, 3.05) is 12.3 Å². The van der Waals surface area contributed by atoms with Gasteiger partial charge in [0.2, 0.25) is 5.91 Å². The van der Waals surface area contributed by atoms with Crippen LogP contribution in [0.15, 0.2) is 71.5 Å². The molecule has 0 bridgehead atoms. The van der Waals surface area contributed by atoms with Crippen molar-refractivity contribution in [2.24, 2.45) is 0 Å². The van der Waals surface area contributed by atoms with Crippen molar-refractivity contribution in [3.05, 3.63) is 88.5 Å². The summed E-state index contributed by atoms with van der Waals surface area (Å²) in [5.74, 6) is 0.684. The van der Waals surface area contributed by atoms with Crippen LogP contribution in [0.5, 0.6) is 0 Å².